The van der Waals surface area contributed by atoms with Gasteiger partial charge in [-0.3, -0.25) is 0 Å². The van der Waals surface area contributed by atoms with Crippen LogP contribution < -0.4 is 5.32 Å². The van der Waals surface area contributed by atoms with Crippen molar-refractivity contribution in [3.63, 3.8) is 0 Å². The predicted octanol–water partition coefficient (Wildman–Crippen LogP) is 2.92. The molecule has 1 fully saturated rings. The quantitative estimate of drug-likeness (QED) is 0.655. The summed E-state index contributed by atoms with van der Waals surface area (Å²) >= 11 is 0. The molecule has 1 saturated heterocycles. The standard InChI is InChI=1S/C20H23N5O4S/c1-14-5-7-16(8-6-14)30(28,29)25-11-9-17-18(21-13-22-19(17)25)23-15-4-2-3-10-24(12-15)20(26)27/h5-9,11,13,15H,2-4,10,12H2,1H3,(H,26,27)(H,21,22,23). The first-order valence-corrected chi connectivity index (χ1v) is 11.2. The molecule has 3 aromatic rings. The predicted molar refractivity (Wildman–Crippen MR) is 112 cm³/mol. The second-order valence-electron chi connectivity index (χ2n) is 7.45. The fourth-order valence-electron chi connectivity index (χ4n) is 3.69. The lowest BCUT2D eigenvalue weighted by atomic mass is 10.1. The Labute approximate surface area is 174 Å². The van der Waals surface area contributed by atoms with Crippen molar-refractivity contribution in [3.05, 3.63) is 48.4 Å². The fourth-order valence-corrected chi connectivity index (χ4v) is 4.99. The average molecular weight is 430 g/mol. The molecule has 1 amide bonds. The number of nitrogens with one attached hydrogen (secondary N) is 1. The summed E-state index contributed by atoms with van der Waals surface area (Å²) in [5.41, 5.74) is 1.25. The van der Waals surface area contributed by atoms with Crippen LogP contribution in [-0.2, 0) is 10.0 Å². The van der Waals surface area contributed by atoms with Gasteiger partial charge in [0.1, 0.15) is 12.1 Å². The highest BCUT2D eigenvalue weighted by atomic mass is 32.2. The van der Waals surface area contributed by atoms with E-state index < -0.39 is 16.1 Å². The number of benzene rings is 1. The highest BCUT2D eigenvalue weighted by Gasteiger charge is 2.24. The summed E-state index contributed by atoms with van der Waals surface area (Å²) in [5, 5.41) is 13.2. The van der Waals surface area contributed by atoms with Gasteiger partial charge < -0.3 is 15.3 Å². The number of rotatable bonds is 4. The molecular weight excluding hydrogens is 406 g/mol. The molecule has 2 N–H and O–H groups in total. The van der Waals surface area contributed by atoms with Gasteiger partial charge in [-0.15, -0.1) is 0 Å². The maximum Gasteiger partial charge on any atom is 0.407 e. The van der Waals surface area contributed by atoms with Gasteiger partial charge in [0.25, 0.3) is 10.0 Å². The number of aromatic nitrogens is 3. The van der Waals surface area contributed by atoms with Gasteiger partial charge in [-0.2, -0.15) is 0 Å². The van der Waals surface area contributed by atoms with Crippen LogP contribution in [0.1, 0.15) is 24.8 Å². The van der Waals surface area contributed by atoms with E-state index in [-0.39, 0.29) is 16.6 Å². The maximum absolute atomic E-state index is 13.1. The molecular formula is C20H23N5O4S. The van der Waals surface area contributed by atoms with E-state index in [9.17, 15) is 18.3 Å². The van der Waals surface area contributed by atoms with Crippen molar-refractivity contribution in [1.29, 1.82) is 0 Å². The topological polar surface area (TPSA) is 117 Å². The zero-order chi connectivity index (χ0) is 21.3. The van der Waals surface area contributed by atoms with Gasteiger partial charge in [-0.05, 0) is 44.4 Å². The van der Waals surface area contributed by atoms with E-state index in [0.717, 1.165) is 28.8 Å². The van der Waals surface area contributed by atoms with E-state index in [2.05, 4.69) is 15.3 Å². The highest BCUT2D eigenvalue weighted by molar-refractivity contribution is 7.90. The molecule has 3 heterocycles. The fraction of sp³-hybridized carbons (Fsp3) is 0.350. The molecule has 1 unspecified atom stereocenters. The molecule has 0 saturated carbocycles. The molecule has 0 bridgehead atoms. The summed E-state index contributed by atoms with van der Waals surface area (Å²) in [4.78, 5) is 21.4. The Morgan fingerprint density at radius 3 is 2.67 bits per heavy atom. The van der Waals surface area contributed by atoms with E-state index in [0.29, 0.717) is 24.3 Å². The van der Waals surface area contributed by atoms with E-state index in [1.807, 2.05) is 6.92 Å². The Morgan fingerprint density at radius 1 is 1.17 bits per heavy atom. The largest absolute Gasteiger partial charge is 0.465 e. The molecule has 9 nitrogen and oxygen atoms in total. The van der Waals surface area contributed by atoms with Crippen LogP contribution in [0.2, 0.25) is 0 Å². The zero-order valence-corrected chi connectivity index (χ0v) is 17.3. The van der Waals surface area contributed by atoms with Crippen LogP contribution in [0.5, 0.6) is 0 Å². The minimum atomic E-state index is -3.80. The van der Waals surface area contributed by atoms with Crippen molar-refractivity contribution in [3.8, 4) is 0 Å². The molecule has 0 radical (unpaired) electrons. The molecule has 4 rings (SSSR count). The van der Waals surface area contributed by atoms with Gasteiger partial charge in [-0.1, -0.05) is 17.7 Å². The Hall–Kier alpha value is -3.14. The summed E-state index contributed by atoms with van der Waals surface area (Å²) in [6.07, 6.45) is 4.37. The van der Waals surface area contributed by atoms with Crippen LogP contribution in [0.25, 0.3) is 11.0 Å². The molecule has 1 aromatic carbocycles. The monoisotopic (exact) mass is 429 g/mol. The normalized spacial score (nSPS) is 17.6. The lowest BCUT2D eigenvalue weighted by Crippen LogP contribution is -2.38. The van der Waals surface area contributed by atoms with E-state index in [1.165, 1.54) is 17.4 Å². The molecule has 2 aromatic heterocycles. The molecule has 1 aliphatic heterocycles. The Bertz CT molecular complexity index is 1170. The second kappa shape index (κ2) is 7.94. The van der Waals surface area contributed by atoms with Crippen molar-refractivity contribution in [2.75, 3.05) is 18.4 Å². The molecule has 1 atom stereocenters. The molecule has 30 heavy (non-hydrogen) atoms. The van der Waals surface area contributed by atoms with Crippen LogP contribution >= 0.6 is 0 Å². The number of amides is 1. The molecule has 0 spiro atoms. The Kier molecular flexibility index (Phi) is 5.33. The van der Waals surface area contributed by atoms with E-state index in [4.69, 9.17) is 0 Å². The summed E-state index contributed by atoms with van der Waals surface area (Å²) in [6.45, 7) is 2.76. The number of hydrogen-bond donors (Lipinski definition) is 2. The van der Waals surface area contributed by atoms with Crippen molar-refractivity contribution in [2.45, 2.75) is 37.1 Å². The maximum atomic E-state index is 13.1. The minimum absolute atomic E-state index is 0.112. The van der Waals surface area contributed by atoms with Crippen LogP contribution in [-0.4, -0.2) is 57.6 Å². The number of carbonyl (C=O) groups is 1. The van der Waals surface area contributed by atoms with Crippen molar-refractivity contribution in [1.82, 2.24) is 18.8 Å². The number of hydrogen-bond acceptors (Lipinski definition) is 6. The number of fused-ring (bicyclic) bond motifs is 1. The van der Waals surface area contributed by atoms with Crippen molar-refractivity contribution < 1.29 is 18.3 Å². The van der Waals surface area contributed by atoms with E-state index in [1.54, 1.807) is 30.3 Å². The van der Waals surface area contributed by atoms with Crippen molar-refractivity contribution >= 4 is 33.0 Å². The molecule has 10 heteroatoms. The Morgan fingerprint density at radius 2 is 1.93 bits per heavy atom. The molecule has 0 aliphatic carbocycles. The minimum Gasteiger partial charge on any atom is -0.465 e. The average Bonchev–Trinajstić information content (AvgIpc) is 3.02. The number of nitrogens with zero attached hydrogens (tertiary/aromatic N) is 4. The van der Waals surface area contributed by atoms with Gasteiger partial charge in [0.2, 0.25) is 0 Å². The van der Waals surface area contributed by atoms with Gasteiger partial charge in [0.15, 0.2) is 5.65 Å². The summed E-state index contributed by atoms with van der Waals surface area (Å²) in [5.74, 6) is 0.495. The van der Waals surface area contributed by atoms with Gasteiger partial charge in [0.05, 0.1) is 10.3 Å². The Balaban J connectivity index is 1.67. The molecule has 1 aliphatic rings. The highest BCUT2D eigenvalue weighted by Crippen LogP contribution is 2.26. The number of likely N-dealkylation sites (tertiary alicyclic amines) is 1. The van der Waals surface area contributed by atoms with Crippen LogP contribution in [0.4, 0.5) is 10.6 Å². The lowest BCUT2D eigenvalue weighted by Gasteiger charge is -2.23. The summed E-state index contributed by atoms with van der Waals surface area (Å²) in [6, 6.07) is 8.20. The third-order valence-corrected chi connectivity index (χ3v) is 6.99. The third kappa shape index (κ3) is 3.82. The van der Waals surface area contributed by atoms with Crippen molar-refractivity contribution in [2.24, 2.45) is 0 Å². The first-order chi connectivity index (χ1) is 14.4. The van der Waals surface area contributed by atoms with E-state index >= 15 is 0 Å². The zero-order valence-electron chi connectivity index (χ0n) is 16.5. The third-order valence-electron chi connectivity index (χ3n) is 5.31. The smallest absolute Gasteiger partial charge is 0.407 e. The van der Waals surface area contributed by atoms with Crippen LogP contribution in [0, 0.1) is 6.92 Å². The summed E-state index contributed by atoms with van der Waals surface area (Å²) in [7, 11) is -3.80. The number of anilines is 1. The van der Waals surface area contributed by atoms with Gasteiger partial charge >= 0.3 is 6.09 Å². The van der Waals surface area contributed by atoms with Crippen LogP contribution in [0.15, 0.2) is 47.8 Å². The van der Waals surface area contributed by atoms with Gasteiger partial charge in [-0.25, -0.2) is 27.2 Å². The van der Waals surface area contributed by atoms with Gasteiger partial charge in [0, 0.05) is 25.3 Å². The first-order valence-electron chi connectivity index (χ1n) is 9.75. The first kappa shape index (κ1) is 20.1. The number of carboxylic acid groups (broad SMARTS) is 1. The molecule has 158 valence electrons. The SMILES string of the molecule is Cc1ccc(S(=O)(=O)n2ccc3c(NC4CCCCN(C(=O)O)C4)ncnc32)cc1. The van der Waals surface area contributed by atoms with Crippen LogP contribution in [0.3, 0.4) is 0 Å². The lowest BCUT2D eigenvalue weighted by molar-refractivity contribution is 0.146. The summed E-state index contributed by atoms with van der Waals surface area (Å²) < 4.78 is 27.3. The number of aryl methyl sites for hydroxylation is 1. The second-order valence-corrected chi connectivity index (χ2v) is 9.27.